The summed E-state index contributed by atoms with van der Waals surface area (Å²) in [5, 5.41) is 5.38. The number of nitrogens with one attached hydrogen (secondary N) is 2. The number of Topliss-reactive ketones (excluding diaryl/α,β-unsaturated/α-hetero) is 2. The van der Waals surface area contributed by atoms with Gasteiger partial charge >= 0.3 is 0 Å². The van der Waals surface area contributed by atoms with Crippen molar-refractivity contribution in [3.05, 3.63) is 77.0 Å². The van der Waals surface area contributed by atoms with Gasteiger partial charge in [0.05, 0.1) is 5.57 Å². The van der Waals surface area contributed by atoms with Crippen molar-refractivity contribution in [2.45, 2.75) is 50.6 Å². The van der Waals surface area contributed by atoms with Gasteiger partial charge in [0.25, 0.3) is 5.91 Å². The molecule has 1 aliphatic carbocycles. The summed E-state index contributed by atoms with van der Waals surface area (Å²) in [5.74, 6) is -1.49. The summed E-state index contributed by atoms with van der Waals surface area (Å²) in [4.78, 5) is 64.0. The number of allylic oxidation sites excluding steroid dienone is 1. The molecular weight excluding hydrogens is 446 g/mol. The fraction of sp³-hybridized carbons (Fsp3) is 0.296. The van der Waals surface area contributed by atoms with E-state index in [1.807, 2.05) is 30.3 Å². The first-order chi connectivity index (χ1) is 16.9. The predicted octanol–water partition coefficient (Wildman–Crippen LogP) is 2.85. The highest BCUT2D eigenvalue weighted by Crippen LogP contribution is 2.34. The van der Waals surface area contributed by atoms with Crippen LogP contribution in [0, 0.1) is 0 Å². The second-order valence-electron chi connectivity index (χ2n) is 9.13. The Kier molecular flexibility index (Phi) is 6.03. The molecular formula is C27H25N3O5. The second-order valence-corrected chi connectivity index (χ2v) is 9.13. The highest BCUT2D eigenvalue weighted by molar-refractivity contribution is 6.21. The molecule has 2 fully saturated rings. The molecule has 0 aromatic heterocycles. The summed E-state index contributed by atoms with van der Waals surface area (Å²) in [6.45, 7) is 0.199. The minimum atomic E-state index is -0.710. The molecule has 0 spiro atoms. The lowest BCUT2D eigenvalue weighted by molar-refractivity contribution is -0.137. The monoisotopic (exact) mass is 471 g/mol. The molecule has 2 heterocycles. The molecule has 35 heavy (non-hydrogen) atoms. The van der Waals surface area contributed by atoms with E-state index >= 15 is 0 Å². The largest absolute Gasteiger partial charge is 0.361 e. The Labute approximate surface area is 202 Å². The van der Waals surface area contributed by atoms with Gasteiger partial charge < -0.3 is 10.2 Å². The van der Waals surface area contributed by atoms with Crippen LogP contribution in [0.15, 0.2) is 60.3 Å². The third kappa shape index (κ3) is 4.39. The van der Waals surface area contributed by atoms with Gasteiger partial charge in [0.1, 0.15) is 6.04 Å². The Hall–Kier alpha value is -4.07. The summed E-state index contributed by atoms with van der Waals surface area (Å²) in [6, 6.07) is 14.2. The predicted molar refractivity (Wildman–Crippen MR) is 127 cm³/mol. The topological polar surface area (TPSA) is 113 Å². The molecule has 0 radical (unpaired) electrons. The van der Waals surface area contributed by atoms with Gasteiger partial charge in [-0.3, -0.25) is 29.3 Å². The summed E-state index contributed by atoms with van der Waals surface area (Å²) in [6.07, 6.45) is 3.07. The standard InChI is InChI=1S/C27H25N3O5/c31-23-11-9-17(16-5-2-1-3-6-16)13-24(32)19(23)14-28-21-8-4-7-18-20(21)15-30(27(18)35)22-10-12-25(33)29-26(22)34/h1-8,14,17,22,28H,9-13,15H2,(H,29,33,34)/b19-14+. The maximum absolute atomic E-state index is 13.0. The van der Waals surface area contributed by atoms with Gasteiger partial charge in [-0.15, -0.1) is 0 Å². The molecule has 2 atom stereocenters. The highest BCUT2D eigenvalue weighted by Gasteiger charge is 2.39. The number of piperidine rings is 1. The molecule has 8 nitrogen and oxygen atoms in total. The zero-order valence-corrected chi connectivity index (χ0v) is 19.1. The van der Waals surface area contributed by atoms with Crippen LogP contribution in [0.5, 0.6) is 0 Å². The van der Waals surface area contributed by atoms with Gasteiger partial charge in [0.15, 0.2) is 11.6 Å². The van der Waals surface area contributed by atoms with E-state index < -0.39 is 11.9 Å². The summed E-state index contributed by atoms with van der Waals surface area (Å²) in [7, 11) is 0. The van der Waals surface area contributed by atoms with Crippen molar-refractivity contribution in [1.82, 2.24) is 10.2 Å². The fourth-order valence-electron chi connectivity index (χ4n) is 5.07. The second kappa shape index (κ2) is 9.29. The molecule has 178 valence electrons. The Bertz CT molecular complexity index is 1270. The normalized spacial score (nSPS) is 23.8. The van der Waals surface area contributed by atoms with Crippen LogP contribution in [0.3, 0.4) is 0 Å². The summed E-state index contributed by atoms with van der Waals surface area (Å²) >= 11 is 0. The number of rotatable bonds is 4. The molecule has 0 bridgehead atoms. The lowest BCUT2D eigenvalue weighted by Crippen LogP contribution is -2.52. The number of anilines is 1. The Morgan fingerprint density at radius 1 is 0.886 bits per heavy atom. The lowest BCUT2D eigenvalue weighted by Gasteiger charge is -2.29. The van der Waals surface area contributed by atoms with Gasteiger partial charge in [-0.05, 0) is 36.5 Å². The minimum Gasteiger partial charge on any atom is -0.361 e. The highest BCUT2D eigenvalue weighted by atomic mass is 16.2. The molecule has 8 heteroatoms. The number of amides is 3. The average molecular weight is 472 g/mol. The van der Waals surface area contributed by atoms with E-state index in [9.17, 15) is 24.0 Å². The molecule has 5 rings (SSSR count). The SMILES string of the molecule is O=C1CCC(N2Cc3c(N/C=C4\C(=O)CCC(c5ccccc5)CC4=O)cccc3C2=O)C(=O)N1. The van der Waals surface area contributed by atoms with Crippen molar-refractivity contribution < 1.29 is 24.0 Å². The zero-order chi connectivity index (χ0) is 24.5. The molecule has 2 unspecified atom stereocenters. The van der Waals surface area contributed by atoms with Crippen molar-refractivity contribution in [1.29, 1.82) is 0 Å². The Morgan fingerprint density at radius 2 is 1.69 bits per heavy atom. The van der Waals surface area contributed by atoms with Crippen molar-refractivity contribution in [3.8, 4) is 0 Å². The van der Waals surface area contributed by atoms with E-state index in [2.05, 4.69) is 10.6 Å². The summed E-state index contributed by atoms with van der Waals surface area (Å²) < 4.78 is 0. The Morgan fingerprint density at radius 3 is 2.46 bits per heavy atom. The first-order valence-corrected chi connectivity index (χ1v) is 11.8. The molecule has 3 aliphatic rings. The van der Waals surface area contributed by atoms with Gasteiger partial charge in [-0.2, -0.15) is 0 Å². The molecule has 2 aliphatic heterocycles. The number of carbonyl (C=O) groups excluding carboxylic acids is 5. The number of carbonyl (C=O) groups is 5. The van der Waals surface area contributed by atoms with Crippen LogP contribution in [0.25, 0.3) is 0 Å². The van der Waals surface area contributed by atoms with E-state index in [0.717, 1.165) is 5.56 Å². The van der Waals surface area contributed by atoms with Crippen LogP contribution in [0.2, 0.25) is 0 Å². The first-order valence-electron chi connectivity index (χ1n) is 11.8. The van der Waals surface area contributed by atoms with E-state index in [0.29, 0.717) is 23.2 Å². The first kappa shape index (κ1) is 22.7. The third-order valence-electron chi connectivity index (χ3n) is 6.98. The van der Waals surface area contributed by atoms with Crippen molar-refractivity contribution in [3.63, 3.8) is 0 Å². The van der Waals surface area contributed by atoms with Crippen LogP contribution in [0.4, 0.5) is 5.69 Å². The van der Waals surface area contributed by atoms with Crippen molar-refractivity contribution in [2.75, 3.05) is 5.32 Å². The van der Waals surface area contributed by atoms with Crippen molar-refractivity contribution in [2.24, 2.45) is 0 Å². The number of nitrogens with zero attached hydrogens (tertiary/aromatic N) is 1. The fourth-order valence-corrected chi connectivity index (χ4v) is 5.07. The minimum absolute atomic E-state index is 0.000719. The van der Waals surface area contributed by atoms with Crippen LogP contribution < -0.4 is 10.6 Å². The number of fused-ring (bicyclic) bond motifs is 1. The number of benzene rings is 2. The quantitative estimate of drug-likeness (QED) is 0.307. The lowest BCUT2D eigenvalue weighted by atomic mass is 9.91. The van der Waals surface area contributed by atoms with E-state index in [1.165, 1.54) is 11.1 Å². The van der Waals surface area contributed by atoms with Crippen LogP contribution in [-0.4, -0.2) is 40.2 Å². The Balaban J connectivity index is 1.35. The average Bonchev–Trinajstić information content (AvgIpc) is 3.11. The van der Waals surface area contributed by atoms with Gasteiger partial charge in [-0.1, -0.05) is 36.4 Å². The van der Waals surface area contributed by atoms with Crippen LogP contribution >= 0.6 is 0 Å². The molecule has 2 aromatic carbocycles. The number of hydrogen-bond acceptors (Lipinski definition) is 6. The smallest absolute Gasteiger partial charge is 0.255 e. The molecule has 1 saturated carbocycles. The number of ketones is 2. The molecule has 2 N–H and O–H groups in total. The number of hydrogen-bond donors (Lipinski definition) is 2. The summed E-state index contributed by atoms with van der Waals surface area (Å²) in [5.41, 5.74) is 2.93. The van der Waals surface area contributed by atoms with E-state index in [-0.39, 0.29) is 67.1 Å². The maximum Gasteiger partial charge on any atom is 0.255 e. The molecule has 3 amide bonds. The van der Waals surface area contributed by atoms with Gasteiger partial charge in [0.2, 0.25) is 11.8 Å². The van der Waals surface area contributed by atoms with E-state index in [1.54, 1.807) is 18.2 Å². The maximum atomic E-state index is 13.0. The van der Waals surface area contributed by atoms with Gasteiger partial charge in [0, 0.05) is 48.8 Å². The zero-order valence-electron chi connectivity index (χ0n) is 19.1. The third-order valence-corrected chi connectivity index (χ3v) is 6.98. The van der Waals surface area contributed by atoms with Crippen LogP contribution in [0.1, 0.15) is 59.5 Å². The van der Waals surface area contributed by atoms with Gasteiger partial charge in [-0.25, -0.2) is 0 Å². The molecule has 2 aromatic rings. The van der Waals surface area contributed by atoms with E-state index in [4.69, 9.17) is 0 Å². The number of imide groups is 1. The van der Waals surface area contributed by atoms with Crippen LogP contribution in [-0.2, 0) is 25.7 Å². The van der Waals surface area contributed by atoms with Crippen molar-refractivity contribution >= 4 is 35.0 Å². The molecule has 1 saturated heterocycles.